The smallest absolute Gasteiger partial charge is 0.129 e. The Morgan fingerprint density at radius 3 is 2.80 bits per heavy atom. The number of para-hydroxylation sites is 1. The molecule has 0 amide bonds. The van der Waals surface area contributed by atoms with E-state index in [1.807, 2.05) is 7.05 Å². The fourth-order valence-corrected chi connectivity index (χ4v) is 1.90. The molecule has 0 aliphatic carbocycles. The predicted octanol–water partition coefficient (Wildman–Crippen LogP) is 3.15. The fraction of sp³-hybridized carbons (Fsp3) is 0.308. The van der Waals surface area contributed by atoms with Gasteiger partial charge in [-0.2, -0.15) is 0 Å². The van der Waals surface area contributed by atoms with Crippen molar-refractivity contribution in [1.29, 1.82) is 0 Å². The molecular formula is C13H16N2. The van der Waals surface area contributed by atoms with Gasteiger partial charge in [-0.3, -0.25) is 0 Å². The minimum atomic E-state index is 0.975. The molecule has 0 aliphatic heterocycles. The summed E-state index contributed by atoms with van der Waals surface area (Å²) in [5.74, 6) is 0.975. The van der Waals surface area contributed by atoms with Gasteiger partial charge >= 0.3 is 0 Å². The topological polar surface area (TPSA) is 24.9 Å². The molecule has 0 saturated carbocycles. The van der Waals surface area contributed by atoms with Crippen LogP contribution in [0.15, 0.2) is 24.3 Å². The lowest BCUT2D eigenvalue weighted by Crippen LogP contribution is -1.97. The highest BCUT2D eigenvalue weighted by Gasteiger charge is 2.04. The van der Waals surface area contributed by atoms with E-state index in [4.69, 9.17) is 0 Å². The van der Waals surface area contributed by atoms with Crippen molar-refractivity contribution in [1.82, 2.24) is 4.98 Å². The molecule has 78 valence electrons. The molecule has 2 aromatic rings. The molecule has 0 aliphatic rings. The molecule has 1 N–H and O–H groups in total. The monoisotopic (exact) mass is 200 g/mol. The molecule has 15 heavy (non-hydrogen) atoms. The number of benzene rings is 1. The summed E-state index contributed by atoms with van der Waals surface area (Å²) in [6.45, 7) is 4.24. The number of pyridine rings is 1. The van der Waals surface area contributed by atoms with E-state index in [1.165, 1.54) is 16.5 Å². The number of rotatable bonds is 2. The Labute approximate surface area is 90.3 Å². The molecule has 0 atom stereocenters. The molecule has 1 aromatic carbocycles. The molecule has 0 fully saturated rings. The Kier molecular flexibility index (Phi) is 2.58. The third kappa shape index (κ3) is 1.67. The van der Waals surface area contributed by atoms with Crippen molar-refractivity contribution in [3.05, 3.63) is 35.4 Å². The van der Waals surface area contributed by atoms with Crippen molar-refractivity contribution >= 4 is 16.7 Å². The van der Waals surface area contributed by atoms with E-state index in [-0.39, 0.29) is 0 Å². The standard InChI is InChI=1S/C13H16N2/c1-4-10-6-5-7-11-8-9(2)13(14-3)15-12(10)11/h5-8H,4H2,1-3H3,(H,14,15). The largest absolute Gasteiger partial charge is 0.373 e. The molecule has 1 aromatic heterocycles. The number of nitrogens with zero attached hydrogens (tertiary/aromatic N) is 1. The van der Waals surface area contributed by atoms with Crippen LogP contribution in [-0.4, -0.2) is 12.0 Å². The lowest BCUT2D eigenvalue weighted by Gasteiger charge is -2.08. The van der Waals surface area contributed by atoms with Gasteiger partial charge < -0.3 is 5.32 Å². The molecule has 2 rings (SSSR count). The lowest BCUT2D eigenvalue weighted by molar-refractivity contribution is 1.14. The second-order valence-corrected chi connectivity index (χ2v) is 3.75. The van der Waals surface area contributed by atoms with E-state index in [2.05, 4.69) is 48.4 Å². The first-order valence-corrected chi connectivity index (χ1v) is 5.33. The van der Waals surface area contributed by atoms with Crippen LogP contribution in [0.1, 0.15) is 18.1 Å². The number of aromatic nitrogens is 1. The highest BCUT2D eigenvalue weighted by Crippen LogP contribution is 2.22. The number of fused-ring (bicyclic) bond motifs is 1. The zero-order valence-electron chi connectivity index (χ0n) is 9.46. The van der Waals surface area contributed by atoms with Crippen LogP contribution in [-0.2, 0) is 6.42 Å². The van der Waals surface area contributed by atoms with E-state index in [0.717, 1.165) is 17.8 Å². The summed E-state index contributed by atoms with van der Waals surface area (Å²) in [6.07, 6.45) is 1.02. The molecule has 0 radical (unpaired) electrons. The first kappa shape index (κ1) is 9.97. The average Bonchev–Trinajstić information content (AvgIpc) is 2.27. The van der Waals surface area contributed by atoms with E-state index in [0.29, 0.717) is 0 Å². The predicted molar refractivity (Wildman–Crippen MR) is 65.4 cm³/mol. The summed E-state index contributed by atoms with van der Waals surface area (Å²) in [5, 5.41) is 4.36. The lowest BCUT2D eigenvalue weighted by atomic mass is 10.1. The number of nitrogens with one attached hydrogen (secondary N) is 1. The summed E-state index contributed by atoms with van der Waals surface area (Å²) in [4.78, 5) is 4.65. The maximum absolute atomic E-state index is 4.65. The van der Waals surface area contributed by atoms with Crippen molar-refractivity contribution in [3.8, 4) is 0 Å². The highest BCUT2D eigenvalue weighted by atomic mass is 15.0. The molecule has 0 bridgehead atoms. The van der Waals surface area contributed by atoms with E-state index in [9.17, 15) is 0 Å². The van der Waals surface area contributed by atoms with E-state index in [1.54, 1.807) is 0 Å². The van der Waals surface area contributed by atoms with Gasteiger partial charge in [0.1, 0.15) is 5.82 Å². The van der Waals surface area contributed by atoms with Gasteiger partial charge in [0.05, 0.1) is 5.52 Å². The highest BCUT2D eigenvalue weighted by molar-refractivity contribution is 5.84. The normalized spacial score (nSPS) is 10.6. The summed E-state index contributed by atoms with van der Waals surface area (Å²) >= 11 is 0. The maximum atomic E-state index is 4.65. The van der Waals surface area contributed by atoms with Gasteiger partial charge in [0.25, 0.3) is 0 Å². The van der Waals surface area contributed by atoms with Gasteiger partial charge in [-0.15, -0.1) is 0 Å². The van der Waals surface area contributed by atoms with Crippen LogP contribution in [0.2, 0.25) is 0 Å². The summed E-state index contributed by atoms with van der Waals surface area (Å²) < 4.78 is 0. The maximum Gasteiger partial charge on any atom is 0.129 e. The molecule has 2 nitrogen and oxygen atoms in total. The Hall–Kier alpha value is -1.57. The molecule has 0 unspecified atom stereocenters. The zero-order chi connectivity index (χ0) is 10.8. The molecule has 1 heterocycles. The average molecular weight is 200 g/mol. The fourth-order valence-electron chi connectivity index (χ4n) is 1.90. The van der Waals surface area contributed by atoms with Crippen LogP contribution in [0.3, 0.4) is 0 Å². The van der Waals surface area contributed by atoms with Crippen molar-refractivity contribution in [2.45, 2.75) is 20.3 Å². The third-order valence-electron chi connectivity index (χ3n) is 2.74. The van der Waals surface area contributed by atoms with Crippen LogP contribution in [0.5, 0.6) is 0 Å². The van der Waals surface area contributed by atoms with E-state index < -0.39 is 0 Å². The second-order valence-electron chi connectivity index (χ2n) is 3.75. The van der Waals surface area contributed by atoms with E-state index >= 15 is 0 Å². The third-order valence-corrected chi connectivity index (χ3v) is 2.74. The summed E-state index contributed by atoms with van der Waals surface area (Å²) in [7, 11) is 1.91. The Morgan fingerprint density at radius 1 is 1.33 bits per heavy atom. The number of hydrogen-bond donors (Lipinski definition) is 1. The van der Waals surface area contributed by atoms with Gasteiger partial charge in [-0.25, -0.2) is 4.98 Å². The minimum absolute atomic E-state index is 0.975. The Balaban J connectivity index is 2.76. The van der Waals surface area contributed by atoms with Crippen molar-refractivity contribution < 1.29 is 0 Å². The van der Waals surface area contributed by atoms with Crippen molar-refractivity contribution in [3.63, 3.8) is 0 Å². The molecule has 2 heteroatoms. The van der Waals surface area contributed by atoms with Crippen LogP contribution in [0.4, 0.5) is 5.82 Å². The Bertz CT molecular complexity index is 489. The minimum Gasteiger partial charge on any atom is -0.373 e. The quantitative estimate of drug-likeness (QED) is 0.805. The van der Waals surface area contributed by atoms with Gasteiger partial charge in [0.2, 0.25) is 0 Å². The second kappa shape index (κ2) is 3.89. The number of aryl methyl sites for hydroxylation is 2. The Morgan fingerprint density at radius 2 is 2.13 bits per heavy atom. The number of hydrogen-bond acceptors (Lipinski definition) is 2. The molecule has 0 spiro atoms. The van der Waals surface area contributed by atoms with Crippen molar-refractivity contribution in [2.75, 3.05) is 12.4 Å². The van der Waals surface area contributed by atoms with Gasteiger partial charge in [0, 0.05) is 12.4 Å². The van der Waals surface area contributed by atoms with Gasteiger partial charge in [0.15, 0.2) is 0 Å². The molecule has 0 saturated heterocycles. The van der Waals surface area contributed by atoms with Crippen LogP contribution in [0.25, 0.3) is 10.9 Å². The van der Waals surface area contributed by atoms with Crippen LogP contribution < -0.4 is 5.32 Å². The van der Waals surface area contributed by atoms with Gasteiger partial charge in [-0.1, -0.05) is 25.1 Å². The number of anilines is 1. The summed E-state index contributed by atoms with van der Waals surface area (Å²) in [6, 6.07) is 8.55. The van der Waals surface area contributed by atoms with Gasteiger partial charge in [-0.05, 0) is 30.5 Å². The van der Waals surface area contributed by atoms with Crippen molar-refractivity contribution in [2.24, 2.45) is 0 Å². The zero-order valence-corrected chi connectivity index (χ0v) is 9.46. The van der Waals surface area contributed by atoms with Crippen LogP contribution >= 0.6 is 0 Å². The first-order valence-electron chi connectivity index (χ1n) is 5.33. The van der Waals surface area contributed by atoms with Crippen LogP contribution in [0, 0.1) is 6.92 Å². The first-order chi connectivity index (χ1) is 7.26. The molecular weight excluding hydrogens is 184 g/mol. The SMILES string of the molecule is CCc1cccc2cc(C)c(NC)nc12. The summed E-state index contributed by atoms with van der Waals surface area (Å²) in [5.41, 5.74) is 3.62.